The van der Waals surface area contributed by atoms with Gasteiger partial charge in [-0.25, -0.2) is 4.98 Å². The maximum absolute atomic E-state index is 12.7. The standard InChI is InChI=1S/C26H44N6O/c1-21(2)18-25(33)32-17-9-11-23(20-32)31-16-8-5-10-22(19-31)28-26-27-13-12-24(29-26)30-14-6-3-4-7-15-30/h12-13,21-23H,3-11,14-20H2,1-2H3,(H,27,28,29). The Morgan fingerprint density at radius 1 is 1.00 bits per heavy atom. The maximum Gasteiger partial charge on any atom is 0.224 e. The first-order valence-electron chi connectivity index (χ1n) is 13.4. The van der Waals surface area contributed by atoms with Gasteiger partial charge in [0.05, 0.1) is 0 Å². The van der Waals surface area contributed by atoms with Gasteiger partial charge in [-0.1, -0.05) is 33.1 Å². The van der Waals surface area contributed by atoms with Crippen LogP contribution in [0.15, 0.2) is 12.3 Å². The minimum atomic E-state index is 0.331. The number of nitrogens with one attached hydrogen (secondary N) is 1. The quantitative estimate of drug-likeness (QED) is 0.693. The number of amides is 1. The van der Waals surface area contributed by atoms with Gasteiger partial charge in [0.2, 0.25) is 11.9 Å². The summed E-state index contributed by atoms with van der Waals surface area (Å²) in [6.45, 7) is 10.4. The van der Waals surface area contributed by atoms with E-state index in [0.29, 0.717) is 30.3 Å². The van der Waals surface area contributed by atoms with E-state index in [1.807, 2.05) is 6.20 Å². The molecule has 0 spiro atoms. The number of hydrogen-bond acceptors (Lipinski definition) is 6. The van der Waals surface area contributed by atoms with Gasteiger partial charge < -0.3 is 15.1 Å². The summed E-state index contributed by atoms with van der Waals surface area (Å²) in [5, 5.41) is 3.67. The van der Waals surface area contributed by atoms with E-state index in [2.05, 4.69) is 44.9 Å². The molecule has 4 heterocycles. The molecule has 1 amide bonds. The Morgan fingerprint density at radius 3 is 2.58 bits per heavy atom. The van der Waals surface area contributed by atoms with Crippen molar-refractivity contribution in [3.05, 3.63) is 12.3 Å². The van der Waals surface area contributed by atoms with Crippen molar-refractivity contribution >= 4 is 17.7 Å². The molecule has 1 aromatic rings. The molecule has 0 radical (unpaired) electrons. The highest BCUT2D eigenvalue weighted by molar-refractivity contribution is 5.76. The Bertz CT molecular complexity index is 748. The van der Waals surface area contributed by atoms with E-state index in [9.17, 15) is 4.79 Å². The lowest BCUT2D eigenvalue weighted by Crippen LogP contribution is -2.52. The van der Waals surface area contributed by atoms with Crippen molar-refractivity contribution in [1.29, 1.82) is 0 Å². The van der Waals surface area contributed by atoms with E-state index < -0.39 is 0 Å². The molecule has 0 saturated carbocycles. The highest BCUT2D eigenvalue weighted by Crippen LogP contribution is 2.23. The van der Waals surface area contributed by atoms with E-state index in [-0.39, 0.29) is 0 Å². The smallest absolute Gasteiger partial charge is 0.224 e. The highest BCUT2D eigenvalue weighted by atomic mass is 16.2. The van der Waals surface area contributed by atoms with Crippen molar-refractivity contribution < 1.29 is 4.79 Å². The summed E-state index contributed by atoms with van der Waals surface area (Å²) < 4.78 is 0. The third-order valence-corrected chi connectivity index (χ3v) is 7.46. The SMILES string of the molecule is CC(C)CC(=O)N1CCCC(N2CCCCC(Nc3nccc(N4CCCCCC4)n3)C2)C1. The van der Waals surface area contributed by atoms with Crippen molar-refractivity contribution in [2.24, 2.45) is 5.92 Å². The topological polar surface area (TPSA) is 64.6 Å². The van der Waals surface area contributed by atoms with Gasteiger partial charge in [-0.3, -0.25) is 9.69 Å². The van der Waals surface area contributed by atoms with E-state index in [4.69, 9.17) is 4.98 Å². The van der Waals surface area contributed by atoms with E-state index in [0.717, 1.165) is 63.9 Å². The average molecular weight is 457 g/mol. The summed E-state index contributed by atoms with van der Waals surface area (Å²) in [5.74, 6) is 2.58. The number of carbonyl (C=O) groups excluding carboxylic acids is 1. The summed E-state index contributed by atoms with van der Waals surface area (Å²) >= 11 is 0. The number of nitrogens with zero attached hydrogens (tertiary/aromatic N) is 5. The Labute approximate surface area is 200 Å². The van der Waals surface area contributed by atoms with Crippen LogP contribution in [0.1, 0.15) is 78.1 Å². The fourth-order valence-corrected chi connectivity index (χ4v) is 5.66. The Kier molecular flexibility index (Phi) is 8.82. The molecule has 0 aromatic carbocycles. The lowest BCUT2D eigenvalue weighted by atomic mass is 10.0. The first-order chi connectivity index (χ1) is 16.1. The average Bonchev–Trinajstić information content (AvgIpc) is 3.22. The Hall–Kier alpha value is -1.89. The van der Waals surface area contributed by atoms with Gasteiger partial charge in [0.15, 0.2) is 0 Å². The number of carbonyl (C=O) groups is 1. The van der Waals surface area contributed by atoms with Gasteiger partial charge >= 0.3 is 0 Å². The van der Waals surface area contributed by atoms with E-state index in [1.165, 1.54) is 44.9 Å². The molecule has 1 aromatic heterocycles. The maximum atomic E-state index is 12.7. The zero-order valence-corrected chi connectivity index (χ0v) is 20.8. The van der Waals surface area contributed by atoms with Crippen molar-refractivity contribution in [2.45, 2.75) is 90.1 Å². The molecule has 0 bridgehead atoms. The second kappa shape index (κ2) is 12.0. The first kappa shape index (κ1) is 24.2. The Balaban J connectivity index is 1.36. The van der Waals surface area contributed by atoms with E-state index >= 15 is 0 Å². The fourth-order valence-electron chi connectivity index (χ4n) is 5.66. The number of anilines is 2. The van der Waals surface area contributed by atoms with Gasteiger partial charge in [0.25, 0.3) is 0 Å². The third-order valence-electron chi connectivity index (χ3n) is 7.46. The molecular weight excluding hydrogens is 412 g/mol. The van der Waals surface area contributed by atoms with Crippen LogP contribution in [0.4, 0.5) is 11.8 Å². The second-order valence-electron chi connectivity index (χ2n) is 10.7. The van der Waals surface area contributed by atoms with Gasteiger partial charge in [-0.05, 0) is 57.1 Å². The second-order valence-corrected chi connectivity index (χ2v) is 10.7. The molecule has 33 heavy (non-hydrogen) atoms. The number of likely N-dealkylation sites (tertiary alicyclic amines) is 2. The lowest BCUT2D eigenvalue weighted by Gasteiger charge is -2.40. The summed E-state index contributed by atoms with van der Waals surface area (Å²) in [6, 6.07) is 2.89. The Morgan fingerprint density at radius 2 is 1.79 bits per heavy atom. The highest BCUT2D eigenvalue weighted by Gasteiger charge is 2.30. The van der Waals surface area contributed by atoms with Crippen molar-refractivity contribution in [3.63, 3.8) is 0 Å². The van der Waals surface area contributed by atoms with Crippen molar-refractivity contribution in [1.82, 2.24) is 19.8 Å². The molecule has 3 fully saturated rings. The molecular formula is C26H44N6O. The van der Waals surface area contributed by atoms with Crippen LogP contribution in [-0.4, -0.2) is 77.0 Å². The molecule has 3 aliphatic rings. The normalized spacial score (nSPS) is 25.5. The zero-order chi connectivity index (χ0) is 23.0. The summed E-state index contributed by atoms with van der Waals surface area (Å²) in [4.78, 5) is 29.3. The number of hydrogen-bond donors (Lipinski definition) is 1. The molecule has 7 heteroatoms. The van der Waals surface area contributed by atoms with Crippen LogP contribution in [-0.2, 0) is 4.79 Å². The molecule has 2 unspecified atom stereocenters. The minimum Gasteiger partial charge on any atom is -0.356 e. The van der Waals surface area contributed by atoms with Crippen LogP contribution in [0.2, 0.25) is 0 Å². The monoisotopic (exact) mass is 456 g/mol. The van der Waals surface area contributed by atoms with Crippen LogP contribution < -0.4 is 10.2 Å². The molecule has 3 aliphatic heterocycles. The van der Waals surface area contributed by atoms with Crippen molar-refractivity contribution in [2.75, 3.05) is 49.5 Å². The summed E-state index contributed by atoms with van der Waals surface area (Å²) in [7, 11) is 0. The predicted octanol–water partition coefficient (Wildman–Crippen LogP) is 4.16. The van der Waals surface area contributed by atoms with Crippen LogP contribution in [0, 0.1) is 5.92 Å². The molecule has 1 N–H and O–H groups in total. The first-order valence-corrected chi connectivity index (χ1v) is 13.4. The van der Waals surface area contributed by atoms with Crippen LogP contribution in [0.3, 0.4) is 0 Å². The molecule has 4 rings (SSSR count). The number of rotatable bonds is 6. The molecule has 0 aliphatic carbocycles. The fraction of sp³-hybridized carbons (Fsp3) is 0.808. The predicted molar refractivity (Wildman–Crippen MR) is 135 cm³/mol. The van der Waals surface area contributed by atoms with Crippen LogP contribution in [0.25, 0.3) is 0 Å². The van der Waals surface area contributed by atoms with Crippen LogP contribution >= 0.6 is 0 Å². The molecule has 7 nitrogen and oxygen atoms in total. The van der Waals surface area contributed by atoms with Gasteiger partial charge in [-0.2, -0.15) is 4.98 Å². The zero-order valence-electron chi connectivity index (χ0n) is 20.8. The molecule has 184 valence electrons. The van der Waals surface area contributed by atoms with E-state index in [1.54, 1.807) is 0 Å². The largest absolute Gasteiger partial charge is 0.356 e. The summed E-state index contributed by atoms with van der Waals surface area (Å²) in [5.41, 5.74) is 0. The van der Waals surface area contributed by atoms with Gasteiger partial charge in [0.1, 0.15) is 5.82 Å². The van der Waals surface area contributed by atoms with Gasteiger partial charge in [0, 0.05) is 57.4 Å². The lowest BCUT2D eigenvalue weighted by molar-refractivity contribution is -0.134. The molecule has 2 atom stereocenters. The molecule has 3 saturated heterocycles. The number of piperidine rings is 1. The number of aromatic nitrogens is 2. The van der Waals surface area contributed by atoms with Gasteiger partial charge in [-0.15, -0.1) is 0 Å². The summed E-state index contributed by atoms with van der Waals surface area (Å²) in [6.07, 6.45) is 13.6. The minimum absolute atomic E-state index is 0.331. The van der Waals surface area contributed by atoms with Crippen LogP contribution in [0.5, 0.6) is 0 Å². The van der Waals surface area contributed by atoms with Crippen molar-refractivity contribution in [3.8, 4) is 0 Å². The third kappa shape index (κ3) is 7.05.